The fourth-order valence-electron chi connectivity index (χ4n) is 1.14. The third-order valence-electron chi connectivity index (χ3n) is 1.73. The predicted molar refractivity (Wildman–Crippen MR) is 71.3 cm³/mol. The summed E-state index contributed by atoms with van der Waals surface area (Å²) in [5.41, 5.74) is 0. The van der Waals surface area contributed by atoms with Gasteiger partial charge in [0.25, 0.3) is 0 Å². The maximum atomic E-state index is 5.97. The van der Waals surface area contributed by atoms with Gasteiger partial charge in [-0.2, -0.15) is 0 Å². The average molecular weight is 341 g/mol. The summed E-state index contributed by atoms with van der Waals surface area (Å²) in [5.74, 6) is 0. The van der Waals surface area contributed by atoms with Gasteiger partial charge in [0.2, 0.25) is 0 Å². The fraction of sp³-hybridized carbons (Fsp3) is 0.111. The van der Waals surface area contributed by atoms with Crippen LogP contribution in [0.5, 0.6) is 0 Å². The number of hydrogen-bond donors (Lipinski definition) is 0. The molecule has 2 rings (SSSR count). The molecule has 1 aromatic heterocycles. The Morgan fingerprint density at radius 1 is 1.38 bits per heavy atom. The SMILES string of the molecule is CSc1cc2c(I)cc(Cl)cc2s1. The Bertz CT molecular complexity index is 450. The minimum Gasteiger partial charge on any atom is -0.129 e. The second-order valence-electron chi connectivity index (χ2n) is 2.57. The van der Waals surface area contributed by atoms with Crippen LogP contribution in [0.4, 0.5) is 0 Å². The minimum atomic E-state index is 0.825. The molecule has 0 saturated carbocycles. The lowest BCUT2D eigenvalue weighted by Crippen LogP contribution is -1.71. The molecule has 68 valence electrons. The van der Waals surface area contributed by atoms with E-state index in [1.165, 1.54) is 17.9 Å². The van der Waals surface area contributed by atoms with Crippen LogP contribution in [0.1, 0.15) is 0 Å². The van der Waals surface area contributed by atoms with Gasteiger partial charge in [-0.05, 0) is 47.0 Å². The van der Waals surface area contributed by atoms with E-state index in [9.17, 15) is 0 Å². The number of benzene rings is 1. The summed E-state index contributed by atoms with van der Waals surface area (Å²) in [7, 11) is 0. The van der Waals surface area contributed by atoms with Gasteiger partial charge in [-0.1, -0.05) is 11.6 Å². The summed E-state index contributed by atoms with van der Waals surface area (Å²) in [4.78, 5) is 0. The lowest BCUT2D eigenvalue weighted by molar-refractivity contribution is 1.73. The number of thioether (sulfide) groups is 1. The second kappa shape index (κ2) is 3.96. The van der Waals surface area contributed by atoms with Crippen molar-refractivity contribution >= 4 is 67.4 Å². The average Bonchev–Trinajstić information content (AvgIpc) is 2.47. The molecule has 0 nitrogen and oxygen atoms in total. The predicted octanol–water partition coefficient (Wildman–Crippen LogP) is 4.88. The molecule has 0 aliphatic carbocycles. The fourth-order valence-corrected chi connectivity index (χ4v) is 4.27. The number of fused-ring (bicyclic) bond motifs is 1. The van der Waals surface area contributed by atoms with Gasteiger partial charge in [-0.15, -0.1) is 23.1 Å². The summed E-state index contributed by atoms with van der Waals surface area (Å²) < 4.78 is 3.85. The Hall–Kier alpha value is 0.550. The third-order valence-corrected chi connectivity index (χ3v) is 4.99. The number of halogens is 2. The van der Waals surface area contributed by atoms with Crippen LogP contribution in [0.15, 0.2) is 22.4 Å². The zero-order valence-electron chi connectivity index (χ0n) is 6.80. The van der Waals surface area contributed by atoms with Gasteiger partial charge in [0.15, 0.2) is 0 Å². The van der Waals surface area contributed by atoms with E-state index in [-0.39, 0.29) is 0 Å². The van der Waals surface area contributed by atoms with Gasteiger partial charge in [-0.25, -0.2) is 0 Å². The van der Waals surface area contributed by atoms with Crippen molar-refractivity contribution in [2.45, 2.75) is 4.21 Å². The highest BCUT2D eigenvalue weighted by atomic mass is 127. The zero-order valence-corrected chi connectivity index (χ0v) is 11.4. The summed E-state index contributed by atoms with van der Waals surface area (Å²) in [6.07, 6.45) is 2.10. The van der Waals surface area contributed by atoms with Crippen molar-refractivity contribution in [2.75, 3.05) is 6.26 Å². The van der Waals surface area contributed by atoms with Gasteiger partial charge in [0.1, 0.15) is 0 Å². The molecule has 0 N–H and O–H groups in total. The molecule has 0 aliphatic heterocycles. The van der Waals surface area contributed by atoms with Gasteiger partial charge in [0, 0.05) is 18.7 Å². The Morgan fingerprint density at radius 2 is 2.15 bits per heavy atom. The first-order chi connectivity index (χ1) is 6.20. The van der Waals surface area contributed by atoms with Crippen LogP contribution in [0.3, 0.4) is 0 Å². The van der Waals surface area contributed by atoms with Crippen LogP contribution in [0.25, 0.3) is 10.1 Å². The number of rotatable bonds is 1. The van der Waals surface area contributed by atoms with Crippen LogP contribution < -0.4 is 0 Å². The van der Waals surface area contributed by atoms with Gasteiger partial charge >= 0.3 is 0 Å². The molecule has 2 aromatic rings. The highest BCUT2D eigenvalue weighted by molar-refractivity contribution is 14.1. The van der Waals surface area contributed by atoms with E-state index in [4.69, 9.17) is 11.6 Å². The second-order valence-corrected chi connectivity index (χ2v) is 6.36. The smallest absolute Gasteiger partial charge is 0.0608 e. The van der Waals surface area contributed by atoms with Crippen molar-refractivity contribution in [2.24, 2.45) is 0 Å². The van der Waals surface area contributed by atoms with E-state index < -0.39 is 0 Å². The molecule has 0 amide bonds. The standard InChI is InChI=1S/C9H6ClIS2/c1-12-9-4-6-7(11)2-5(10)3-8(6)13-9/h2-4H,1H3. The molecule has 0 unspecified atom stereocenters. The van der Waals surface area contributed by atoms with Crippen molar-refractivity contribution in [3.63, 3.8) is 0 Å². The molecule has 0 aliphatic rings. The van der Waals surface area contributed by atoms with Crippen molar-refractivity contribution < 1.29 is 0 Å². The molecular weight excluding hydrogens is 335 g/mol. The largest absolute Gasteiger partial charge is 0.129 e. The number of hydrogen-bond acceptors (Lipinski definition) is 2. The van der Waals surface area contributed by atoms with Crippen LogP contribution in [-0.2, 0) is 0 Å². The topological polar surface area (TPSA) is 0 Å². The zero-order chi connectivity index (χ0) is 9.42. The molecular formula is C9H6ClIS2. The van der Waals surface area contributed by atoms with E-state index in [0.29, 0.717) is 0 Å². The van der Waals surface area contributed by atoms with E-state index in [1.54, 1.807) is 23.1 Å². The monoisotopic (exact) mass is 340 g/mol. The van der Waals surface area contributed by atoms with Crippen LogP contribution in [0.2, 0.25) is 5.02 Å². The Labute approximate surface area is 104 Å². The van der Waals surface area contributed by atoms with Crippen molar-refractivity contribution in [1.82, 2.24) is 0 Å². The maximum absolute atomic E-state index is 5.97. The first-order valence-corrected chi connectivity index (χ1v) is 7.13. The number of thiophene rings is 1. The molecule has 0 fully saturated rings. The molecule has 4 heteroatoms. The molecule has 13 heavy (non-hydrogen) atoms. The van der Waals surface area contributed by atoms with Crippen LogP contribution in [0, 0.1) is 3.57 Å². The van der Waals surface area contributed by atoms with Gasteiger partial charge < -0.3 is 0 Å². The highest BCUT2D eigenvalue weighted by Gasteiger charge is 2.05. The lowest BCUT2D eigenvalue weighted by Gasteiger charge is -1.94. The van der Waals surface area contributed by atoms with Gasteiger partial charge in [-0.3, -0.25) is 0 Å². The Kier molecular flexibility index (Phi) is 3.07. The van der Waals surface area contributed by atoms with E-state index in [2.05, 4.69) is 34.9 Å². The first-order valence-electron chi connectivity index (χ1n) is 3.63. The molecule has 1 aromatic carbocycles. The Morgan fingerprint density at radius 3 is 2.85 bits per heavy atom. The molecule has 1 heterocycles. The molecule has 0 atom stereocenters. The normalized spacial score (nSPS) is 11.0. The van der Waals surface area contributed by atoms with Crippen LogP contribution in [-0.4, -0.2) is 6.26 Å². The first kappa shape index (κ1) is 10.1. The third kappa shape index (κ3) is 1.98. The lowest BCUT2D eigenvalue weighted by atomic mass is 10.3. The molecule has 0 bridgehead atoms. The Balaban J connectivity index is 2.75. The minimum absolute atomic E-state index is 0.825. The molecule has 0 spiro atoms. The van der Waals surface area contributed by atoms with Crippen molar-refractivity contribution in [3.8, 4) is 0 Å². The molecule has 0 saturated heterocycles. The van der Waals surface area contributed by atoms with E-state index >= 15 is 0 Å². The molecule has 0 radical (unpaired) electrons. The summed E-state index contributed by atoms with van der Waals surface area (Å²) in [6, 6.07) is 6.26. The highest BCUT2D eigenvalue weighted by Crippen LogP contribution is 2.35. The quantitative estimate of drug-likeness (QED) is 0.526. The van der Waals surface area contributed by atoms with Gasteiger partial charge in [0.05, 0.1) is 4.21 Å². The summed E-state index contributed by atoms with van der Waals surface area (Å²) >= 11 is 11.9. The van der Waals surface area contributed by atoms with Crippen molar-refractivity contribution in [1.29, 1.82) is 0 Å². The summed E-state index contributed by atoms with van der Waals surface area (Å²) in [5, 5.41) is 2.14. The van der Waals surface area contributed by atoms with Crippen LogP contribution >= 0.6 is 57.3 Å². The van der Waals surface area contributed by atoms with E-state index in [1.807, 2.05) is 12.1 Å². The maximum Gasteiger partial charge on any atom is 0.0608 e. The van der Waals surface area contributed by atoms with E-state index in [0.717, 1.165) is 5.02 Å². The summed E-state index contributed by atoms with van der Waals surface area (Å²) in [6.45, 7) is 0. The van der Waals surface area contributed by atoms with Crippen molar-refractivity contribution in [3.05, 3.63) is 26.8 Å².